The number of rotatable bonds is 1. The lowest BCUT2D eigenvalue weighted by atomic mass is 10.2. The molecule has 7 heteroatoms. The van der Waals surface area contributed by atoms with Crippen molar-refractivity contribution in [1.82, 2.24) is 4.98 Å². The van der Waals surface area contributed by atoms with Crippen LogP contribution < -0.4 is 0 Å². The number of carboxylic acids is 1. The van der Waals surface area contributed by atoms with E-state index in [0.717, 1.165) is 6.07 Å². The smallest absolute Gasteiger partial charge is 0.433 e. The molecule has 0 amide bonds. The topological polar surface area (TPSA) is 50.2 Å². The van der Waals surface area contributed by atoms with Gasteiger partial charge in [0.2, 0.25) is 0 Å². The maximum atomic E-state index is 12.1. The maximum absolute atomic E-state index is 12.1. The molecule has 0 spiro atoms. The molecule has 0 bridgehead atoms. The molecule has 0 fully saturated rings. The van der Waals surface area contributed by atoms with Crippen molar-refractivity contribution in [3.05, 3.63) is 27.1 Å². The zero-order valence-electron chi connectivity index (χ0n) is 6.47. The van der Waals surface area contributed by atoms with Crippen molar-refractivity contribution in [2.75, 3.05) is 0 Å². The van der Waals surface area contributed by atoms with Gasteiger partial charge in [0.1, 0.15) is 9.39 Å². The number of aromatic carboxylic acids is 1. The van der Waals surface area contributed by atoms with Gasteiger partial charge in [0, 0.05) is 0 Å². The Hall–Kier alpha value is -0.860. The van der Waals surface area contributed by atoms with E-state index >= 15 is 0 Å². The zero-order valence-corrected chi connectivity index (χ0v) is 8.63. The SMILES string of the molecule is O=C(O)c1ccc(C(F)(F)F)nc1I. The van der Waals surface area contributed by atoms with Gasteiger partial charge in [-0.3, -0.25) is 0 Å². The van der Waals surface area contributed by atoms with E-state index in [1.54, 1.807) is 0 Å². The zero-order chi connectivity index (χ0) is 10.9. The van der Waals surface area contributed by atoms with E-state index in [2.05, 4.69) is 4.98 Å². The monoisotopic (exact) mass is 317 g/mol. The molecule has 76 valence electrons. The second-order valence-corrected chi connectivity index (χ2v) is 3.36. The fourth-order valence-electron chi connectivity index (χ4n) is 0.752. The number of hydrogen-bond donors (Lipinski definition) is 1. The number of aromatic nitrogens is 1. The number of hydrogen-bond acceptors (Lipinski definition) is 2. The summed E-state index contributed by atoms with van der Waals surface area (Å²) in [6.07, 6.45) is -4.54. The summed E-state index contributed by atoms with van der Waals surface area (Å²) >= 11 is 1.45. The van der Waals surface area contributed by atoms with Gasteiger partial charge in [-0.15, -0.1) is 0 Å². The van der Waals surface area contributed by atoms with Gasteiger partial charge in [0.15, 0.2) is 0 Å². The van der Waals surface area contributed by atoms with Crippen LogP contribution in [0.2, 0.25) is 0 Å². The molecule has 0 aromatic carbocycles. The highest BCUT2D eigenvalue weighted by Gasteiger charge is 2.33. The van der Waals surface area contributed by atoms with Crippen molar-refractivity contribution in [2.45, 2.75) is 6.18 Å². The van der Waals surface area contributed by atoms with Crippen molar-refractivity contribution in [2.24, 2.45) is 0 Å². The molecule has 1 heterocycles. The van der Waals surface area contributed by atoms with Crippen LogP contribution in [0.1, 0.15) is 16.1 Å². The van der Waals surface area contributed by atoms with Crippen LogP contribution in [0.15, 0.2) is 12.1 Å². The Morgan fingerprint density at radius 3 is 2.36 bits per heavy atom. The van der Waals surface area contributed by atoms with Gasteiger partial charge in [-0.2, -0.15) is 13.2 Å². The lowest BCUT2D eigenvalue weighted by Crippen LogP contribution is -2.11. The number of nitrogens with zero attached hydrogens (tertiary/aromatic N) is 1. The molecule has 0 aliphatic rings. The Bertz CT molecular complexity index is 378. The molecule has 1 aromatic rings. The molecule has 0 saturated heterocycles. The van der Waals surface area contributed by atoms with Gasteiger partial charge in [-0.25, -0.2) is 9.78 Å². The van der Waals surface area contributed by atoms with E-state index in [1.807, 2.05) is 0 Å². The molecule has 0 radical (unpaired) electrons. The number of halogens is 4. The summed E-state index contributed by atoms with van der Waals surface area (Å²) in [5, 5.41) is 8.53. The van der Waals surface area contributed by atoms with Crippen molar-refractivity contribution in [3.63, 3.8) is 0 Å². The highest BCUT2D eigenvalue weighted by Crippen LogP contribution is 2.28. The molecule has 0 aliphatic carbocycles. The molecule has 1 N–H and O–H groups in total. The molecule has 0 saturated carbocycles. The number of pyridine rings is 1. The minimum Gasteiger partial charge on any atom is -0.478 e. The van der Waals surface area contributed by atoms with E-state index in [-0.39, 0.29) is 9.26 Å². The first-order valence-corrected chi connectivity index (χ1v) is 4.37. The van der Waals surface area contributed by atoms with Crippen LogP contribution in [0.25, 0.3) is 0 Å². The Morgan fingerprint density at radius 2 is 2.00 bits per heavy atom. The minimum absolute atomic E-state index is 0.176. The first-order chi connectivity index (χ1) is 6.32. The summed E-state index contributed by atoms with van der Waals surface area (Å²) in [4.78, 5) is 13.6. The fourth-order valence-corrected chi connectivity index (χ4v) is 1.42. The van der Waals surface area contributed by atoms with Crippen LogP contribution in [0.3, 0.4) is 0 Å². The normalized spacial score (nSPS) is 11.4. The molecular weight excluding hydrogens is 314 g/mol. The van der Waals surface area contributed by atoms with Crippen molar-refractivity contribution in [3.8, 4) is 0 Å². The summed E-state index contributed by atoms with van der Waals surface area (Å²) < 4.78 is 36.1. The summed E-state index contributed by atoms with van der Waals surface area (Å²) in [6, 6.07) is 1.53. The minimum atomic E-state index is -4.54. The van der Waals surface area contributed by atoms with Crippen molar-refractivity contribution < 1.29 is 23.1 Å². The summed E-state index contributed by atoms with van der Waals surface area (Å²) in [5.41, 5.74) is -1.33. The maximum Gasteiger partial charge on any atom is 0.433 e. The lowest BCUT2D eigenvalue weighted by Gasteiger charge is -2.06. The number of carbonyl (C=O) groups is 1. The predicted octanol–water partition coefficient (Wildman–Crippen LogP) is 2.40. The third-order valence-electron chi connectivity index (χ3n) is 1.37. The third-order valence-corrected chi connectivity index (χ3v) is 2.19. The van der Waals surface area contributed by atoms with Crippen LogP contribution in [0.5, 0.6) is 0 Å². The van der Waals surface area contributed by atoms with E-state index < -0.39 is 17.8 Å². The van der Waals surface area contributed by atoms with Gasteiger partial charge < -0.3 is 5.11 Å². The molecule has 0 aliphatic heterocycles. The van der Waals surface area contributed by atoms with E-state index in [4.69, 9.17) is 5.11 Å². The average molecular weight is 317 g/mol. The van der Waals surface area contributed by atoms with Gasteiger partial charge in [-0.05, 0) is 34.7 Å². The molecule has 1 aromatic heterocycles. The fraction of sp³-hybridized carbons (Fsp3) is 0.143. The Morgan fingerprint density at radius 1 is 1.43 bits per heavy atom. The highest BCUT2D eigenvalue weighted by molar-refractivity contribution is 14.1. The van der Waals surface area contributed by atoms with Crippen LogP contribution in [-0.2, 0) is 6.18 Å². The molecular formula is C7H3F3INO2. The van der Waals surface area contributed by atoms with E-state index in [9.17, 15) is 18.0 Å². The standard InChI is InChI=1S/C7H3F3INO2/c8-7(9,10)4-2-1-3(6(13)14)5(11)12-4/h1-2H,(H,13,14). The van der Waals surface area contributed by atoms with Crippen LogP contribution in [-0.4, -0.2) is 16.1 Å². The molecule has 3 nitrogen and oxygen atoms in total. The van der Waals surface area contributed by atoms with Crippen molar-refractivity contribution in [1.29, 1.82) is 0 Å². The summed E-state index contributed by atoms with van der Waals surface area (Å²) in [5.74, 6) is -1.30. The van der Waals surface area contributed by atoms with Crippen LogP contribution in [0, 0.1) is 3.70 Å². The second-order valence-electron chi connectivity index (χ2n) is 2.34. The Labute approximate surface area is 90.1 Å². The Kier molecular flexibility index (Phi) is 2.98. The predicted molar refractivity (Wildman–Crippen MR) is 48.9 cm³/mol. The number of carboxylic acid groups (broad SMARTS) is 1. The van der Waals surface area contributed by atoms with Gasteiger partial charge in [0.25, 0.3) is 0 Å². The molecule has 14 heavy (non-hydrogen) atoms. The summed E-state index contributed by atoms with van der Waals surface area (Å²) in [7, 11) is 0. The van der Waals surface area contributed by atoms with Crippen LogP contribution in [0.4, 0.5) is 13.2 Å². The Balaban J connectivity index is 3.20. The molecule has 0 unspecified atom stereocenters. The summed E-state index contributed by atoms with van der Waals surface area (Å²) in [6.45, 7) is 0. The van der Waals surface area contributed by atoms with E-state index in [1.165, 1.54) is 22.6 Å². The quantitative estimate of drug-likeness (QED) is 0.639. The van der Waals surface area contributed by atoms with Crippen LogP contribution >= 0.6 is 22.6 Å². The van der Waals surface area contributed by atoms with Gasteiger partial charge in [0.05, 0.1) is 5.56 Å². The molecule has 1 rings (SSSR count). The average Bonchev–Trinajstić information content (AvgIpc) is 2.01. The van der Waals surface area contributed by atoms with Gasteiger partial charge in [-0.1, -0.05) is 0 Å². The van der Waals surface area contributed by atoms with Crippen molar-refractivity contribution >= 4 is 28.6 Å². The lowest BCUT2D eigenvalue weighted by molar-refractivity contribution is -0.141. The largest absolute Gasteiger partial charge is 0.478 e. The number of alkyl halides is 3. The van der Waals surface area contributed by atoms with E-state index in [0.29, 0.717) is 6.07 Å². The highest BCUT2D eigenvalue weighted by atomic mass is 127. The first kappa shape index (κ1) is 11.2. The molecule has 0 atom stereocenters. The second kappa shape index (κ2) is 3.71. The van der Waals surface area contributed by atoms with Gasteiger partial charge >= 0.3 is 12.1 Å². The first-order valence-electron chi connectivity index (χ1n) is 3.29. The third kappa shape index (κ3) is 2.34.